The van der Waals surface area contributed by atoms with Crippen molar-refractivity contribution in [3.63, 3.8) is 0 Å². The molecule has 0 aliphatic carbocycles. The van der Waals surface area contributed by atoms with Crippen LogP contribution < -0.4 is 0 Å². The van der Waals surface area contributed by atoms with Crippen LogP contribution in [0.4, 0.5) is 0 Å². The molecule has 1 fully saturated rings. The van der Waals surface area contributed by atoms with Crippen LogP contribution in [0.1, 0.15) is 32.2 Å². The summed E-state index contributed by atoms with van der Waals surface area (Å²) < 4.78 is 5.13. The van der Waals surface area contributed by atoms with Gasteiger partial charge in [0.15, 0.2) is 0 Å². The van der Waals surface area contributed by atoms with Gasteiger partial charge in [0, 0.05) is 57.5 Å². The lowest BCUT2D eigenvalue weighted by Crippen LogP contribution is -2.46. The van der Waals surface area contributed by atoms with E-state index in [0.717, 1.165) is 51.6 Å². The molecular formula is C15H28N4O. The summed E-state index contributed by atoms with van der Waals surface area (Å²) in [7, 11) is 1.77. The van der Waals surface area contributed by atoms with Crippen molar-refractivity contribution in [1.82, 2.24) is 20.0 Å². The Morgan fingerprint density at radius 2 is 1.85 bits per heavy atom. The summed E-state index contributed by atoms with van der Waals surface area (Å²) in [5.74, 6) is 0. The van der Waals surface area contributed by atoms with E-state index in [9.17, 15) is 0 Å². The van der Waals surface area contributed by atoms with Crippen molar-refractivity contribution in [1.29, 1.82) is 0 Å². The Morgan fingerprint density at radius 1 is 1.20 bits per heavy atom. The van der Waals surface area contributed by atoms with Gasteiger partial charge in [-0.3, -0.25) is 14.9 Å². The number of hydrogen-bond acceptors (Lipinski definition) is 4. The van der Waals surface area contributed by atoms with Gasteiger partial charge in [0.2, 0.25) is 0 Å². The zero-order valence-electron chi connectivity index (χ0n) is 13.3. The van der Waals surface area contributed by atoms with Gasteiger partial charge < -0.3 is 4.74 Å². The molecule has 0 aromatic carbocycles. The number of rotatable bonds is 5. The van der Waals surface area contributed by atoms with Crippen LogP contribution in [0.25, 0.3) is 0 Å². The fraction of sp³-hybridized carbons (Fsp3) is 0.800. The van der Waals surface area contributed by atoms with Crippen LogP contribution in [0.2, 0.25) is 0 Å². The highest BCUT2D eigenvalue weighted by Crippen LogP contribution is 2.20. The van der Waals surface area contributed by atoms with E-state index in [-0.39, 0.29) is 5.41 Å². The van der Waals surface area contributed by atoms with Crippen molar-refractivity contribution in [2.24, 2.45) is 0 Å². The monoisotopic (exact) mass is 280 g/mol. The van der Waals surface area contributed by atoms with E-state index in [1.165, 1.54) is 5.69 Å². The van der Waals surface area contributed by atoms with E-state index in [2.05, 4.69) is 46.8 Å². The fourth-order valence-electron chi connectivity index (χ4n) is 2.46. The first kappa shape index (κ1) is 15.5. The third-order valence-electron chi connectivity index (χ3n) is 3.87. The Bertz CT molecular complexity index is 402. The summed E-state index contributed by atoms with van der Waals surface area (Å²) in [6, 6.07) is 2.21. The molecule has 0 unspecified atom stereocenters. The molecule has 2 heterocycles. The van der Waals surface area contributed by atoms with Crippen LogP contribution in [0.15, 0.2) is 6.07 Å². The lowest BCUT2D eigenvalue weighted by atomic mass is 9.92. The van der Waals surface area contributed by atoms with Gasteiger partial charge in [-0.15, -0.1) is 0 Å². The van der Waals surface area contributed by atoms with Gasteiger partial charge in [-0.2, -0.15) is 5.10 Å². The van der Waals surface area contributed by atoms with Gasteiger partial charge >= 0.3 is 0 Å². The average molecular weight is 280 g/mol. The maximum Gasteiger partial charge on any atom is 0.0678 e. The van der Waals surface area contributed by atoms with E-state index in [4.69, 9.17) is 4.74 Å². The van der Waals surface area contributed by atoms with Gasteiger partial charge in [0.25, 0.3) is 0 Å². The normalized spacial score (nSPS) is 18.6. The fourth-order valence-corrected chi connectivity index (χ4v) is 2.46. The van der Waals surface area contributed by atoms with Crippen molar-refractivity contribution in [2.45, 2.75) is 32.7 Å². The molecular weight excluding hydrogens is 252 g/mol. The molecule has 5 nitrogen and oxygen atoms in total. The number of nitrogens with one attached hydrogen (secondary N) is 1. The molecule has 1 aromatic heterocycles. The minimum atomic E-state index is 0.119. The van der Waals surface area contributed by atoms with Crippen LogP contribution in [0, 0.1) is 0 Å². The molecule has 0 spiro atoms. The molecule has 1 aliphatic heterocycles. The zero-order valence-corrected chi connectivity index (χ0v) is 13.3. The molecule has 1 aromatic rings. The van der Waals surface area contributed by atoms with E-state index in [1.54, 1.807) is 7.11 Å². The quantitative estimate of drug-likeness (QED) is 0.887. The molecule has 0 amide bonds. The summed E-state index contributed by atoms with van der Waals surface area (Å²) >= 11 is 0. The third-order valence-corrected chi connectivity index (χ3v) is 3.87. The summed E-state index contributed by atoms with van der Waals surface area (Å²) in [4.78, 5) is 4.96. The highest BCUT2D eigenvalue weighted by molar-refractivity contribution is 5.16. The number of aromatic nitrogens is 2. The number of hydrogen-bond donors (Lipinski definition) is 1. The average Bonchev–Trinajstić information content (AvgIpc) is 2.86. The SMILES string of the molecule is COCCN1CCN(Cc2cc(C(C)(C)C)n[nH]2)CC1. The first-order valence-electron chi connectivity index (χ1n) is 7.47. The van der Waals surface area contributed by atoms with Crippen LogP contribution in [0.5, 0.6) is 0 Å². The number of H-pyrrole nitrogens is 1. The van der Waals surface area contributed by atoms with Crippen molar-refractivity contribution in [3.8, 4) is 0 Å². The molecule has 2 rings (SSSR count). The highest BCUT2D eigenvalue weighted by atomic mass is 16.5. The number of ether oxygens (including phenoxy) is 1. The van der Waals surface area contributed by atoms with Gasteiger partial charge in [-0.05, 0) is 6.07 Å². The Kier molecular flexibility index (Phi) is 5.18. The van der Waals surface area contributed by atoms with Crippen LogP contribution in [-0.2, 0) is 16.7 Å². The van der Waals surface area contributed by atoms with Crippen LogP contribution in [0.3, 0.4) is 0 Å². The maximum atomic E-state index is 5.13. The molecule has 0 bridgehead atoms. The zero-order chi connectivity index (χ0) is 14.6. The summed E-state index contributed by atoms with van der Waals surface area (Å²) in [6.07, 6.45) is 0. The minimum absolute atomic E-state index is 0.119. The second kappa shape index (κ2) is 6.70. The Labute approximate surface area is 122 Å². The maximum absolute atomic E-state index is 5.13. The molecule has 20 heavy (non-hydrogen) atoms. The first-order chi connectivity index (χ1) is 9.49. The Hall–Kier alpha value is -0.910. The van der Waals surface area contributed by atoms with E-state index < -0.39 is 0 Å². The summed E-state index contributed by atoms with van der Waals surface area (Å²) in [6.45, 7) is 13.9. The second-order valence-corrected chi connectivity index (χ2v) is 6.64. The van der Waals surface area contributed by atoms with Crippen molar-refractivity contribution >= 4 is 0 Å². The van der Waals surface area contributed by atoms with E-state index in [1.807, 2.05) is 0 Å². The van der Waals surface area contributed by atoms with Crippen molar-refractivity contribution in [2.75, 3.05) is 46.4 Å². The van der Waals surface area contributed by atoms with Gasteiger partial charge in [0.05, 0.1) is 12.3 Å². The molecule has 0 atom stereocenters. The topological polar surface area (TPSA) is 44.4 Å². The minimum Gasteiger partial charge on any atom is -0.383 e. The number of aromatic amines is 1. The third kappa shape index (κ3) is 4.30. The summed E-state index contributed by atoms with van der Waals surface area (Å²) in [5.41, 5.74) is 2.49. The molecule has 0 radical (unpaired) electrons. The summed E-state index contributed by atoms with van der Waals surface area (Å²) in [5, 5.41) is 7.61. The van der Waals surface area contributed by atoms with Gasteiger partial charge in [-0.1, -0.05) is 20.8 Å². The second-order valence-electron chi connectivity index (χ2n) is 6.64. The molecule has 1 aliphatic rings. The predicted octanol–water partition coefficient (Wildman–Crippen LogP) is 1.47. The van der Waals surface area contributed by atoms with Crippen molar-refractivity contribution in [3.05, 3.63) is 17.5 Å². The molecule has 5 heteroatoms. The van der Waals surface area contributed by atoms with Gasteiger partial charge in [-0.25, -0.2) is 0 Å². The molecule has 114 valence electrons. The molecule has 1 N–H and O–H groups in total. The predicted molar refractivity (Wildman–Crippen MR) is 80.9 cm³/mol. The lowest BCUT2D eigenvalue weighted by Gasteiger charge is -2.34. The highest BCUT2D eigenvalue weighted by Gasteiger charge is 2.20. The van der Waals surface area contributed by atoms with Crippen LogP contribution >= 0.6 is 0 Å². The van der Waals surface area contributed by atoms with Gasteiger partial charge in [0.1, 0.15) is 0 Å². The molecule has 1 saturated heterocycles. The first-order valence-corrected chi connectivity index (χ1v) is 7.47. The number of piperazine rings is 1. The van der Waals surface area contributed by atoms with E-state index in [0.29, 0.717) is 0 Å². The Balaban J connectivity index is 1.79. The largest absolute Gasteiger partial charge is 0.383 e. The number of nitrogens with zero attached hydrogens (tertiary/aromatic N) is 3. The Morgan fingerprint density at radius 3 is 2.40 bits per heavy atom. The van der Waals surface area contributed by atoms with Crippen LogP contribution in [-0.4, -0.2) is 66.4 Å². The van der Waals surface area contributed by atoms with E-state index >= 15 is 0 Å². The molecule has 0 saturated carbocycles. The van der Waals surface area contributed by atoms with Crippen molar-refractivity contribution < 1.29 is 4.74 Å². The smallest absolute Gasteiger partial charge is 0.0678 e. The standard InChI is InChI=1S/C15H28N4O/c1-15(2,3)14-11-13(16-17-14)12-19-7-5-18(6-8-19)9-10-20-4/h11H,5-10,12H2,1-4H3,(H,16,17). The number of methoxy groups -OCH3 is 1. The lowest BCUT2D eigenvalue weighted by molar-refractivity contribution is 0.0932.